The van der Waals surface area contributed by atoms with Crippen LogP contribution >= 0.6 is 0 Å². The van der Waals surface area contributed by atoms with Crippen LogP contribution in [0, 0.1) is 6.92 Å². The van der Waals surface area contributed by atoms with Crippen molar-refractivity contribution in [1.29, 1.82) is 0 Å². The van der Waals surface area contributed by atoms with Gasteiger partial charge in [0.25, 0.3) is 5.56 Å². The summed E-state index contributed by atoms with van der Waals surface area (Å²) in [7, 11) is 1.57. The maximum Gasteiger partial charge on any atom is 0.262 e. The Kier molecular flexibility index (Phi) is 6.23. The number of benzene rings is 4. The van der Waals surface area contributed by atoms with Gasteiger partial charge in [0.1, 0.15) is 17.3 Å². The minimum Gasteiger partial charge on any atom is -0.497 e. The fraction of sp³-hybridized carbons (Fsp3) is 0.118. The molecule has 0 saturated carbocycles. The number of fused-ring (bicyclic) bond motifs is 1. The average molecular weight is 526 g/mol. The van der Waals surface area contributed by atoms with Crippen molar-refractivity contribution < 1.29 is 9.53 Å². The number of carbonyl (C=O) groups excluding carboxylic acids is 1. The summed E-state index contributed by atoms with van der Waals surface area (Å²) in [5.74, 6) is 0.790. The molecule has 0 aliphatic carbocycles. The molecule has 5 aromatic rings. The molecule has 0 amide bonds. The number of methoxy groups -OCH3 is 1. The summed E-state index contributed by atoms with van der Waals surface area (Å²) in [6.45, 7) is 3.78. The molecule has 6 nitrogen and oxygen atoms in total. The molecule has 6 heteroatoms. The molecule has 0 radical (unpaired) electrons. The topological polar surface area (TPSA) is 73.6 Å². The summed E-state index contributed by atoms with van der Waals surface area (Å²) >= 11 is 0. The zero-order valence-corrected chi connectivity index (χ0v) is 22.5. The largest absolute Gasteiger partial charge is 0.497 e. The predicted octanol–water partition coefficient (Wildman–Crippen LogP) is 6.23. The van der Waals surface area contributed by atoms with Gasteiger partial charge in [-0.3, -0.25) is 14.2 Å². The summed E-state index contributed by atoms with van der Waals surface area (Å²) in [5.41, 5.74) is 3.28. The lowest BCUT2D eigenvalue weighted by atomic mass is 9.69. The lowest BCUT2D eigenvalue weighted by molar-refractivity contribution is -0.116. The summed E-state index contributed by atoms with van der Waals surface area (Å²) < 4.78 is 7.10. The van der Waals surface area contributed by atoms with Crippen molar-refractivity contribution in [3.05, 3.63) is 142 Å². The van der Waals surface area contributed by atoms with Crippen molar-refractivity contribution in [2.45, 2.75) is 19.3 Å². The smallest absolute Gasteiger partial charge is 0.262 e. The molecule has 0 bridgehead atoms. The van der Waals surface area contributed by atoms with Crippen LogP contribution in [0.4, 0.5) is 5.69 Å². The van der Waals surface area contributed by atoms with E-state index in [9.17, 15) is 9.59 Å². The minimum atomic E-state index is -1.37. The monoisotopic (exact) mass is 525 g/mol. The fourth-order valence-corrected chi connectivity index (χ4v) is 5.25. The van der Waals surface area contributed by atoms with Crippen LogP contribution < -0.4 is 10.3 Å². The molecule has 1 aliphatic rings. The van der Waals surface area contributed by atoms with Crippen LogP contribution in [-0.2, 0) is 10.2 Å². The molecule has 1 aliphatic heterocycles. The molecule has 1 atom stereocenters. The molecule has 1 unspecified atom stereocenters. The third-order valence-corrected chi connectivity index (χ3v) is 7.52. The second-order valence-corrected chi connectivity index (χ2v) is 10.0. The van der Waals surface area contributed by atoms with E-state index in [0.29, 0.717) is 39.8 Å². The van der Waals surface area contributed by atoms with Crippen LogP contribution in [0.3, 0.4) is 0 Å². The van der Waals surface area contributed by atoms with Gasteiger partial charge in [0, 0.05) is 17.3 Å². The van der Waals surface area contributed by atoms with E-state index in [1.54, 1.807) is 30.9 Å². The van der Waals surface area contributed by atoms with Gasteiger partial charge in [-0.25, -0.2) is 9.98 Å². The standard InChI is InChI=1S/C34H27N3O3/c1-22-14-16-25(17-15-22)37-32(24-12-8-5-9-13-24)35-21-28(33(37)39)34(2)27-20-26(40-3)18-19-29(27)36-30(31(34)38)23-10-6-4-7-11-23/h4-21H,1-3H3. The molecule has 40 heavy (non-hydrogen) atoms. The maximum atomic E-state index is 14.6. The molecule has 0 spiro atoms. The summed E-state index contributed by atoms with van der Waals surface area (Å²) in [6, 6.07) is 32.0. The Morgan fingerprint density at radius 2 is 1.43 bits per heavy atom. The van der Waals surface area contributed by atoms with Gasteiger partial charge in [0.2, 0.25) is 0 Å². The zero-order chi connectivity index (χ0) is 27.9. The number of ketones is 1. The highest BCUT2D eigenvalue weighted by molar-refractivity contribution is 6.50. The Morgan fingerprint density at radius 1 is 0.775 bits per heavy atom. The van der Waals surface area contributed by atoms with Crippen molar-refractivity contribution in [3.63, 3.8) is 0 Å². The third-order valence-electron chi connectivity index (χ3n) is 7.52. The van der Waals surface area contributed by atoms with E-state index in [4.69, 9.17) is 14.7 Å². The van der Waals surface area contributed by atoms with Gasteiger partial charge in [0.05, 0.1) is 29.5 Å². The van der Waals surface area contributed by atoms with Crippen molar-refractivity contribution in [2.24, 2.45) is 4.99 Å². The average Bonchev–Trinajstić information content (AvgIpc) is 3.00. The number of aliphatic imine (C=N–C) groups is 1. The minimum absolute atomic E-state index is 0.260. The normalized spacial score (nSPS) is 16.3. The first-order chi connectivity index (χ1) is 19.4. The molecule has 2 heterocycles. The molecule has 0 saturated heterocycles. The number of hydrogen-bond donors (Lipinski definition) is 0. The van der Waals surface area contributed by atoms with E-state index in [1.807, 2.05) is 104 Å². The molecule has 6 rings (SSSR count). The predicted molar refractivity (Wildman–Crippen MR) is 157 cm³/mol. The molecule has 196 valence electrons. The number of hydrogen-bond acceptors (Lipinski definition) is 5. The van der Waals surface area contributed by atoms with Crippen molar-refractivity contribution in [2.75, 3.05) is 7.11 Å². The lowest BCUT2D eigenvalue weighted by Crippen LogP contribution is -2.46. The number of aryl methyl sites for hydroxylation is 1. The summed E-state index contributed by atoms with van der Waals surface area (Å²) in [6.07, 6.45) is 1.55. The second kappa shape index (κ2) is 9.89. The third kappa shape index (κ3) is 4.05. The first-order valence-electron chi connectivity index (χ1n) is 13.0. The quantitative estimate of drug-likeness (QED) is 0.273. The SMILES string of the molecule is COc1ccc2c(c1)C(C)(c1cnc(-c3ccccc3)n(-c3ccc(C)cc3)c1=O)C(=O)C(c1ccccc1)=N2. The Labute approximate surface area is 232 Å². The Balaban J connectivity index is 1.66. The zero-order valence-electron chi connectivity index (χ0n) is 22.5. The highest BCUT2D eigenvalue weighted by Crippen LogP contribution is 2.43. The molecule has 1 aromatic heterocycles. The highest BCUT2D eigenvalue weighted by atomic mass is 16.5. The van der Waals surface area contributed by atoms with E-state index in [1.165, 1.54) is 0 Å². The highest BCUT2D eigenvalue weighted by Gasteiger charge is 2.47. The van der Waals surface area contributed by atoms with Crippen LogP contribution in [0.25, 0.3) is 17.1 Å². The second-order valence-electron chi connectivity index (χ2n) is 10.0. The number of rotatable bonds is 5. The lowest BCUT2D eigenvalue weighted by Gasteiger charge is -2.34. The first kappa shape index (κ1) is 25.2. The molecule has 0 fully saturated rings. The molecule has 0 N–H and O–H groups in total. The first-order valence-corrected chi connectivity index (χ1v) is 13.0. The van der Waals surface area contributed by atoms with Gasteiger partial charge in [-0.15, -0.1) is 0 Å². The van der Waals surface area contributed by atoms with Gasteiger partial charge in [-0.2, -0.15) is 0 Å². The van der Waals surface area contributed by atoms with Crippen LogP contribution in [0.5, 0.6) is 5.75 Å². The van der Waals surface area contributed by atoms with Gasteiger partial charge in [-0.05, 0) is 49.7 Å². The Bertz CT molecular complexity index is 1830. The van der Waals surface area contributed by atoms with Crippen molar-refractivity contribution >= 4 is 17.2 Å². The van der Waals surface area contributed by atoms with Crippen molar-refractivity contribution in [3.8, 4) is 22.8 Å². The van der Waals surface area contributed by atoms with Crippen LogP contribution in [0.1, 0.15) is 29.2 Å². The number of ether oxygens (including phenoxy) is 1. The van der Waals surface area contributed by atoms with Crippen LogP contribution in [-0.4, -0.2) is 28.2 Å². The van der Waals surface area contributed by atoms with Crippen LogP contribution in [0.2, 0.25) is 0 Å². The molecular weight excluding hydrogens is 498 g/mol. The number of Topliss-reactive ketones (excluding diaryl/α,β-unsaturated/α-hetero) is 1. The summed E-state index contributed by atoms with van der Waals surface area (Å²) in [5, 5.41) is 0. The van der Waals surface area contributed by atoms with Crippen molar-refractivity contribution in [1.82, 2.24) is 9.55 Å². The maximum absolute atomic E-state index is 14.6. The number of nitrogens with zero attached hydrogens (tertiary/aromatic N) is 3. The van der Waals surface area contributed by atoms with Crippen LogP contribution in [0.15, 0.2) is 119 Å². The Morgan fingerprint density at radius 3 is 2.08 bits per heavy atom. The van der Waals surface area contributed by atoms with Gasteiger partial charge in [-0.1, -0.05) is 78.4 Å². The summed E-state index contributed by atoms with van der Waals surface area (Å²) in [4.78, 5) is 38.6. The van der Waals surface area contributed by atoms with Gasteiger partial charge >= 0.3 is 0 Å². The van der Waals surface area contributed by atoms with E-state index >= 15 is 0 Å². The van der Waals surface area contributed by atoms with E-state index in [0.717, 1.165) is 11.1 Å². The number of carbonyl (C=O) groups is 1. The van der Waals surface area contributed by atoms with E-state index < -0.39 is 5.41 Å². The molecular formula is C34H27N3O3. The number of aromatic nitrogens is 2. The van der Waals surface area contributed by atoms with E-state index in [2.05, 4.69) is 0 Å². The van der Waals surface area contributed by atoms with Gasteiger partial charge < -0.3 is 4.74 Å². The van der Waals surface area contributed by atoms with Gasteiger partial charge in [0.15, 0.2) is 5.78 Å². The molecule has 4 aromatic carbocycles. The fourth-order valence-electron chi connectivity index (χ4n) is 5.25. The Hall–Kier alpha value is -5.10. The van der Waals surface area contributed by atoms with E-state index in [-0.39, 0.29) is 16.9 Å².